The quantitative estimate of drug-likeness (QED) is 0.772. The number of aliphatic hydroxyl groups is 1. The Balaban J connectivity index is 1.57. The van der Waals surface area contributed by atoms with Crippen LogP contribution in [0.2, 0.25) is 0 Å². The van der Waals surface area contributed by atoms with Crippen molar-refractivity contribution in [3.05, 3.63) is 75.2 Å². The van der Waals surface area contributed by atoms with Crippen molar-refractivity contribution in [2.75, 3.05) is 6.54 Å². The normalized spacial score (nSPS) is 15.4. The van der Waals surface area contributed by atoms with Gasteiger partial charge < -0.3 is 10.0 Å². The maximum absolute atomic E-state index is 12.8. The zero-order valence-electron chi connectivity index (χ0n) is 14.6. The van der Waals surface area contributed by atoms with E-state index in [1.165, 1.54) is 11.3 Å². The number of aliphatic hydroxyl groups excluding tert-OH is 1. The lowest BCUT2D eigenvalue weighted by atomic mass is 10.1. The third-order valence-corrected chi connectivity index (χ3v) is 5.66. The van der Waals surface area contributed by atoms with Crippen LogP contribution < -0.4 is 0 Å². The number of benzene rings is 1. The minimum atomic E-state index is -0.750. The fourth-order valence-electron chi connectivity index (χ4n) is 3.30. The summed E-state index contributed by atoms with van der Waals surface area (Å²) in [7, 11) is 0. The molecule has 1 amide bonds. The molecule has 3 heterocycles. The van der Waals surface area contributed by atoms with Gasteiger partial charge in [0.25, 0.3) is 5.91 Å². The van der Waals surface area contributed by atoms with E-state index in [2.05, 4.69) is 5.10 Å². The summed E-state index contributed by atoms with van der Waals surface area (Å²) in [5.41, 5.74) is 2.42. The first-order chi connectivity index (χ1) is 12.6. The molecule has 1 aromatic carbocycles. The fraction of sp³-hybridized carbons (Fsp3) is 0.300. The van der Waals surface area contributed by atoms with Crippen LogP contribution in [0.3, 0.4) is 0 Å². The van der Waals surface area contributed by atoms with E-state index in [0.29, 0.717) is 12.2 Å². The molecule has 134 valence electrons. The van der Waals surface area contributed by atoms with Crippen LogP contribution in [0.4, 0.5) is 0 Å². The van der Waals surface area contributed by atoms with Gasteiger partial charge in [-0.1, -0.05) is 30.3 Å². The summed E-state index contributed by atoms with van der Waals surface area (Å²) in [6.45, 7) is 4.00. The van der Waals surface area contributed by atoms with Gasteiger partial charge in [-0.15, -0.1) is 11.3 Å². The molecule has 4 rings (SSSR count). The van der Waals surface area contributed by atoms with Crippen molar-refractivity contribution in [2.24, 2.45) is 0 Å². The summed E-state index contributed by atoms with van der Waals surface area (Å²) in [5.74, 6) is 0.0721. The Hall–Kier alpha value is -2.44. The average molecular weight is 367 g/mol. The van der Waals surface area contributed by atoms with Crippen molar-refractivity contribution in [3.63, 3.8) is 0 Å². The Morgan fingerprint density at radius 3 is 2.73 bits per heavy atom. The molecule has 3 aromatic rings. The number of hydrogen-bond donors (Lipinski definition) is 1. The zero-order chi connectivity index (χ0) is 18.1. The Labute approximate surface area is 156 Å². The van der Waals surface area contributed by atoms with E-state index in [1.807, 2.05) is 65.0 Å². The Morgan fingerprint density at radius 2 is 2.00 bits per heavy atom. The summed E-state index contributed by atoms with van der Waals surface area (Å²) in [6, 6.07) is 15.3. The van der Waals surface area contributed by atoms with Gasteiger partial charge in [-0.2, -0.15) is 5.10 Å². The van der Waals surface area contributed by atoms with E-state index in [9.17, 15) is 9.90 Å². The summed E-state index contributed by atoms with van der Waals surface area (Å²) in [6.07, 6.45) is 0.103. The molecule has 0 radical (unpaired) electrons. The first-order valence-electron chi connectivity index (χ1n) is 8.77. The van der Waals surface area contributed by atoms with E-state index < -0.39 is 6.10 Å². The Bertz CT molecular complexity index is 916. The van der Waals surface area contributed by atoms with E-state index in [1.54, 1.807) is 0 Å². The number of thiophene rings is 1. The lowest BCUT2D eigenvalue weighted by Crippen LogP contribution is -2.30. The van der Waals surface area contributed by atoms with E-state index in [-0.39, 0.29) is 5.91 Å². The first-order valence-corrected chi connectivity index (χ1v) is 9.59. The number of nitrogens with zero attached hydrogens (tertiary/aromatic N) is 3. The second-order valence-electron chi connectivity index (χ2n) is 6.59. The van der Waals surface area contributed by atoms with E-state index in [4.69, 9.17) is 0 Å². The summed E-state index contributed by atoms with van der Waals surface area (Å²) in [4.78, 5) is 16.6. The highest BCUT2D eigenvalue weighted by Gasteiger charge is 2.24. The maximum atomic E-state index is 12.8. The van der Waals surface area contributed by atoms with Crippen LogP contribution in [0, 0.1) is 6.92 Å². The Morgan fingerprint density at radius 1 is 1.19 bits per heavy atom. The molecule has 0 unspecified atom stereocenters. The van der Waals surface area contributed by atoms with Crippen LogP contribution in [-0.4, -0.2) is 32.2 Å². The number of carbonyl (C=O) groups is 1. The zero-order valence-corrected chi connectivity index (χ0v) is 15.4. The SMILES string of the molecule is Cc1ccc(C(=O)N2CCCn3nc([C@@H](O)c4ccccc4)cc3C2)s1. The fourth-order valence-corrected chi connectivity index (χ4v) is 4.14. The molecule has 0 saturated carbocycles. The van der Waals surface area contributed by atoms with Crippen molar-refractivity contribution >= 4 is 17.2 Å². The molecule has 0 bridgehead atoms. The predicted molar refractivity (Wildman–Crippen MR) is 101 cm³/mol. The molecule has 0 saturated heterocycles. The molecule has 0 spiro atoms. The van der Waals surface area contributed by atoms with Crippen molar-refractivity contribution in [1.29, 1.82) is 0 Å². The van der Waals surface area contributed by atoms with Gasteiger partial charge >= 0.3 is 0 Å². The third-order valence-electron chi connectivity index (χ3n) is 4.67. The van der Waals surface area contributed by atoms with E-state index >= 15 is 0 Å². The smallest absolute Gasteiger partial charge is 0.264 e. The molecule has 1 N–H and O–H groups in total. The van der Waals surface area contributed by atoms with Gasteiger partial charge in [0.2, 0.25) is 0 Å². The number of fused-ring (bicyclic) bond motifs is 1. The Kier molecular flexibility index (Phi) is 4.61. The largest absolute Gasteiger partial charge is 0.382 e. The number of aryl methyl sites for hydroxylation is 2. The van der Waals surface area contributed by atoms with Crippen molar-refractivity contribution < 1.29 is 9.90 Å². The highest BCUT2D eigenvalue weighted by atomic mass is 32.1. The van der Waals surface area contributed by atoms with Gasteiger partial charge in [-0.3, -0.25) is 9.48 Å². The lowest BCUT2D eigenvalue weighted by molar-refractivity contribution is 0.0750. The standard InChI is InChI=1S/C20H21N3O2S/c1-14-8-9-18(26-14)20(25)22-10-5-11-23-16(13-22)12-17(21-23)19(24)15-6-3-2-4-7-15/h2-4,6-9,12,19,24H,5,10-11,13H2,1H3/t19-/m0/s1. The van der Waals surface area contributed by atoms with Gasteiger partial charge in [0.05, 0.1) is 22.8 Å². The summed E-state index contributed by atoms with van der Waals surface area (Å²) >= 11 is 1.53. The monoisotopic (exact) mass is 367 g/mol. The molecule has 26 heavy (non-hydrogen) atoms. The van der Waals surface area contributed by atoms with Crippen LogP contribution in [-0.2, 0) is 13.1 Å². The summed E-state index contributed by atoms with van der Waals surface area (Å²) in [5, 5.41) is 15.2. The molecule has 2 aromatic heterocycles. The molecule has 6 heteroatoms. The maximum Gasteiger partial charge on any atom is 0.264 e. The van der Waals surface area contributed by atoms with E-state index in [0.717, 1.165) is 40.5 Å². The third kappa shape index (κ3) is 3.30. The predicted octanol–water partition coefficient (Wildman–Crippen LogP) is 3.38. The van der Waals surface area contributed by atoms with Crippen molar-refractivity contribution in [1.82, 2.24) is 14.7 Å². The minimum Gasteiger partial charge on any atom is -0.382 e. The molecule has 5 nitrogen and oxygen atoms in total. The van der Waals surface area contributed by atoms with Crippen LogP contribution in [0.5, 0.6) is 0 Å². The van der Waals surface area contributed by atoms with Crippen molar-refractivity contribution in [3.8, 4) is 0 Å². The highest BCUT2D eigenvalue weighted by Crippen LogP contribution is 2.25. The lowest BCUT2D eigenvalue weighted by Gasteiger charge is -2.19. The number of hydrogen-bond acceptors (Lipinski definition) is 4. The van der Waals surface area contributed by atoms with Crippen molar-refractivity contribution in [2.45, 2.75) is 32.5 Å². The number of carbonyl (C=O) groups excluding carboxylic acids is 1. The molecule has 0 aliphatic carbocycles. The highest BCUT2D eigenvalue weighted by molar-refractivity contribution is 7.13. The molecule has 1 atom stereocenters. The van der Waals surface area contributed by atoms with Crippen LogP contribution >= 0.6 is 11.3 Å². The molecular formula is C20H21N3O2S. The van der Waals surface area contributed by atoms with Crippen LogP contribution in [0.15, 0.2) is 48.5 Å². The molecular weight excluding hydrogens is 346 g/mol. The second-order valence-corrected chi connectivity index (χ2v) is 7.88. The molecule has 1 aliphatic heterocycles. The number of amides is 1. The van der Waals surface area contributed by atoms with Crippen LogP contribution in [0.25, 0.3) is 0 Å². The van der Waals surface area contributed by atoms with Gasteiger partial charge in [-0.05, 0) is 37.1 Å². The van der Waals surface area contributed by atoms with Gasteiger partial charge in [0.15, 0.2) is 0 Å². The second kappa shape index (κ2) is 7.05. The number of rotatable bonds is 3. The summed E-state index contributed by atoms with van der Waals surface area (Å²) < 4.78 is 1.93. The molecule has 1 aliphatic rings. The topological polar surface area (TPSA) is 58.4 Å². The average Bonchev–Trinajstić information content (AvgIpc) is 3.22. The first kappa shape index (κ1) is 17.0. The van der Waals surface area contributed by atoms with Gasteiger partial charge in [-0.25, -0.2) is 0 Å². The number of aromatic nitrogens is 2. The minimum absolute atomic E-state index is 0.0721. The molecule has 0 fully saturated rings. The van der Waals surface area contributed by atoms with Gasteiger partial charge in [0, 0.05) is 18.0 Å². The van der Waals surface area contributed by atoms with Crippen LogP contribution in [0.1, 0.15) is 44.0 Å². The van der Waals surface area contributed by atoms with Gasteiger partial charge in [0.1, 0.15) is 6.10 Å².